The molecule has 20 heavy (non-hydrogen) atoms. The molecule has 2 rings (SSSR count). The molecule has 0 fully saturated rings. The first-order chi connectivity index (χ1) is 9.69. The summed E-state index contributed by atoms with van der Waals surface area (Å²) in [5, 5.41) is 0. The van der Waals surface area contributed by atoms with Crippen molar-refractivity contribution >= 4 is 27.5 Å². The number of ether oxygens (including phenoxy) is 3. The van der Waals surface area contributed by atoms with Crippen LogP contribution in [-0.4, -0.2) is 14.2 Å². The molecule has 0 aliphatic carbocycles. The van der Waals surface area contributed by atoms with Gasteiger partial charge in [-0.1, -0.05) is 22.0 Å². The van der Waals surface area contributed by atoms with E-state index in [-0.39, 0.29) is 0 Å². The lowest BCUT2D eigenvalue weighted by Crippen LogP contribution is -1.96. The number of rotatable bonds is 5. The molecule has 106 valence electrons. The maximum absolute atomic E-state index is 5.95. The van der Waals surface area contributed by atoms with Crippen LogP contribution in [0.3, 0.4) is 0 Å². The maximum atomic E-state index is 5.95. The first kappa shape index (κ1) is 15.0. The fourth-order valence-electron chi connectivity index (χ4n) is 1.78. The fraction of sp³-hybridized carbons (Fsp3) is 0.200. The van der Waals surface area contributed by atoms with Crippen LogP contribution in [0, 0.1) is 0 Å². The van der Waals surface area contributed by atoms with E-state index in [2.05, 4.69) is 15.9 Å². The number of hydrogen-bond donors (Lipinski definition) is 0. The highest BCUT2D eigenvalue weighted by Crippen LogP contribution is 2.41. The average molecular weight is 358 g/mol. The van der Waals surface area contributed by atoms with Crippen molar-refractivity contribution in [2.75, 3.05) is 14.2 Å². The first-order valence-electron chi connectivity index (χ1n) is 5.92. The molecular weight excluding hydrogens is 344 g/mol. The van der Waals surface area contributed by atoms with Crippen molar-refractivity contribution in [1.29, 1.82) is 0 Å². The van der Waals surface area contributed by atoms with Crippen molar-refractivity contribution in [3.63, 3.8) is 0 Å². The first-order valence-corrected chi connectivity index (χ1v) is 7.25. The lowest BCUT2D eigenvalue weighted by Gasteiger charge is -2.15. The van der Waals surface area contributed by atoms with Gasteiger partial charge in [-0.05, 0) is 30.3 Å². The van der Waals surface area contributed by atoms with Crippen LogP contribution in [0.4, 0.5) is 0 Å². The van der Waals surface area contributed by atoms with E-state index in [9.17, 15) is 0 Å². The summed E-state index contributed by atoms with van der Waals surface area (Å²) >= 11 is 9.37. The van der Waals surface area contributed by atoms with E-state index in [0.717, 1.165) is 10.0 Å². The van der Waals surface area contributed by atoms with Gasteiger partial charge >= 0.3 is 0 Å². The Hall–Kier alpha value is -1.39. The largest absolute Gasteiger partial charge is 0.493 e. The van der Waals surface area contributed by atoms with Gasteiger partial charge in [-0.2, -0.15) is 0 Å². The van der Waals surface area contributed by atoms with Crippen LogP contribution >= 0.6 is 27.5 Å². The van der Waals surface area contributed by atoms with Crippen molar-refractivity contribution in [2.24, 2.45) is 0 Å². The molecule has 3 nitrogen and oxygen atoms in total. The third-order valence-corrected chi connectivity index (χ3v) is 3.54. The van der Waals surface area contributed by atoms with Crippen LogP contribution in [0.1, 0.15) is 5.56 Å². The van der Waals surface area contributed by atoms with Crippen LogP contribution in [0.5, 0.6) is 23.0 Å². The molecule has 0 saturated carbocycles. The van der Waals surface area contributed by atoms with Gasteiger partial charge in [-0.25, -0.2) is 0 Å². The lowest BCUT2D eigenvalue weighted by molar-refractivity contribution is 0.345. The van der Waals surface area contributed by atoms with Gasteiger partial charge in [0.1, 0.15) is 5.75 Å². The van der Waals surface area contributed by atoms with E-state index >= 15 is 0 Å². The quantitative estimate of drug-likeness (QED) is 0.705. The highest BCUT2D eigenvalue weighted by atomic mass is 79.9. The van der Waals surface area contributed by atoms with E-state index in [0.29, 0.717) is 28.9 Å². The molecule has 0 spiro atoms. The summed E-state index contributed by atoms with van der Waals surface area (Å²) in [5.41, 5.74) is 0.883. The van der Waals surface area contributed by atoms with Gasteiger partial charge in [0, 0.05) is 10.0 Å². The molecule has 2 aromatic carbocycles. The van der Waals surface area contributed by atoms with E-state index in [1.54, 1.807) is 14.2 Å². The number of para-hydroxylation sites is 1. The SMILES string of the molecule is COc1cccc(OC)c1Oc1ccc(Br)cc1CCl. The normalized spacial score (nSPS) is 10.2. The van der Waals surface area contributed by atoms with E-state index in [1.807, 2.05) is 36.4 Å². The summed E-state index contributed by atoms with van der Waals surface area (Å²) in [5.74, 6) is 2.77. The zero-order valence-electron chi connectivity index (χ0n) is 11.2. The van der Waals surface area contributed by atoms with Crippen LogP contribution in [0.25, 0.3) is 0 Å². The highest BCUT2D eigenvalue weighted by Gasteiger charge is 2.14. The van der Waals surface area contributed by atoms with Crippen molar-refractivity contribution in [1.82, 2.24) is 0 Å². The molecule has 0 aromatic heterocycles. The van der Waals surface area contributed by atoms with Gasteiger partial charge in [-0.3, -0.25) is 0 Å². The van der Waals surface area contributed by atoms with Gasteiger partial charge in [0.2, 0.25) is 5.75 Å². The minimum atomic E-state index is 0.353. The van der Waals surface area contributed by atoms with E-state index in [1.165, 1.54) is 0 Å². The fourth-order valence-corrected chi connectivity index (χ4v) is 2.40. The third kappa shape index (κ3) is 3.19. The maximum Gasteiger partial charge on any atom is 0.211 e. The minimum absolute atomic E-state index is 0.353. The van der Waals surface area contributed by atoms with Gasteiger partial charge < -0.3 is 14.2 Å². The van der Waals surface area contributed by atoms with E-state index < -0.39 is 0 Å². The number of hydrogen-bond acceptors (Lipinski definition) is 3. The van der Waals surface area contributed by atoms with Crippen LogP contribution in [0.2, 0.25) is 0 Å². The van der Waals surface area contributed by atoms with Gasteiger partial charge in [0.15, 0.2) is 11.5 Å². The molecule has 0 amide bonds. The predicted octanol–water partition coefficient (Wildman–Crippen LogP) is 5.00. The number of methoxy groups -OCH3 is 2. The summed E-state index contributed by atoms with van der Waals surface area (Å²) in [4.78, 5) is 0. The Kier molecular flexibility index (Phi) is 5.15. The molecule has 0 aliphatic heterocycles. The summed E-state index contributed by atoms with van der Waals surface area (Å²) in [6.45, 7) is 0. The Morgan fingerprint density at radius 2 is 1.65 bits per heavy atom. The summed E-state index contributed by atoms with van der Waals surface area (Å²) in [6.07, 6.45) is 0. The molecule has 0 atom stereocenters. The molecular formula is C15H14BrClO3. The molecule has 0 bridgehead atoms. The van der Waals surface area contributed by atoms with Crippen molar-refractivity contribution < 1.29 is 14.2 Å². The minimum Gasteiger partial charge on any atom is -0.493 e. The zero-order chi connectivity index (χ0) is 14.5. The monoisotopic (exact) mass is 356 g/mol. The standard InChI is InChI=1S/C15H14BrClO3/c1-18-13-4-3-5-14(19-2)15(13)20-12-7-6-11(16)8-10(12)9-17/h3-8H,9H2,1-2H3. The zero-order valence-corrected chi connectivity index (χ0v) is 13.5. The molecule has 0 radical (unpaired) electrons. The average Bonchev–Trinajstić information content (AvgIpc) is 2.49. The molecule has 5 heteroatoms. The molecule has 0 N–H and O–H groups in total. The second kappa shape index (κ2) is 6.86. The second-order valence-electron chi connectivity index (χ2n) is 3.98. The summed E-state index contributed by atoms with van der Waals surface area (Å²) in [7, 11) is 3.18. The summed E-state index contributed by atoms with van der Waals surface area (Å²) in [6, 6.07) is 11.1. The Labute approximate surface area is 131 Å². The Morgan fingerprint density at radius 1 is 1.00 bits per heavy atom. The van der Waals surface area contributed by atoms with Crippen molar-refractivity contribution in [3.8, 4) is 23.0 Å². The third-order valence-electron chi connectivity index (χ3n) is 2.76. The highest BCUT2D eigenvalue weighted by molar-refractivity contribution is 9.10. The van der Waals surface area contributed by atoms with Gasteiger partial charge in [0.25, 0.3) is 0 Å². The van der Waals surface area contributed by atoms with E-state index in [4.69, 9.17) is 25.8 Å². The number of benzene rings is 2. The molecule has 2 aromatic rings. The van der Waals surface area contributed by atoms with Crippen molar-refractivity contribution in [3.05, 3.63) is 46.4 Å². The van der Waals surface area contributed by atoms with Crippen LogP contribution in [-0.2, 0) is 5.88 Å². The predicted molar refractivity (Wildman–Crippen MR) is 83.3 cm³/mol. The Balaban J connectivity index is 2.44. The molecule has 0 heterocycles. The van der Waals surface area contributed by atoms with Crippen LogP contribution < -0.4 is 14.2 Å². The second-order valence-corrected chi connectivity index (χ2v) is 5.16. The molecule has 0 unspecified atom stereocenters. The smallest absolute Gasteiger partial charge is 0.211 e. The topological polar surface area (TPSA) is 27.7 Å². The lowest BCUT2D eigenvalue weighted by atomic mass is 10.2. The number of halogens is 2. The molecule has 0 saturated heterocycles. The Bertz CT molecular complexity index is 579. The summed E-state index contributed by atoms with van der Waals surface area (Å²) < 4.78 is 17.5. The van der Waals surface area contributed by atoms with Crippen molar-refractivity contribution in [2.45, 2.75) is 5.88 Å². The molecule has 0 aliphatic rings. The van der Waals surface area contributed by atoms with Crippen LogP contribution in [0.15, 0.2) is 40.9 Å². The van der Waals surface area contributed by atoms with Gasteiger partial charge in [-0.15, -0.1) is 11.6 Å². The van der Waals surface area contributed by atoms with Gasteiger partial charge in [0.05, 0.1) is 20.1 Å². The number of alkyl halides is 1. The Morgan fingerprint density at radius 3 is 2.20 bits per heavy atom.